The summed E-state index contributed by atoms with van der Waals surface area (Å²) in [6, 6.07) is 24.9. The fraction of sp³-hybridized carbons (Fsp3) is 0.206. The lowest BCUT2D eigenvalue weighted by molar-refractivity contribution is -0.742. The van der Waals surface area contributed by atoms with E-state index in [9.17, 15) is 19.8 Å². The van der Waals surface area contributed by atoms with Crippen LogP contribution in [-0.4, -0.2) is 55.6 Å². The summed E-state index contributed by atoms with van der Waals surface area (Å²) in [5.41, 5.74) is 8.72. The minimum atomic E-state index is -1.75. The van der Waals surface area contributed by atoms with E-state index in [1.165, 1.54) is 11.1 Å². The van der Waals surface area contributed by atoms with Crippen molar-refractivity contribution in [2.45, 2.75) is 32.1 Å². The molecule has 14 nitrogen and oxygen atoms in total. The Labute approximate surface area is 273 Å². The normalized spacial score (nSPS) is 14.0. The molecule has 0 saturated carbocycles. The number of nitrogens with zero attached hydrogens (tertiary/aromatic N) is 4. The summed E-state index contributed by atoms with van der Waals surface area (Å²) < 4.78 is 0.445. The van der Waals surface area contributed by atoms with Crippen LogP contribution in [0.1, 0.15) is 43.2 Å². The molecule has 6 rings (SSSR count). The molecule has 2 heterocycles. The fourth-order valence-corrected chi connectivity index (χ4v) is 6.52. The number of benzene rings is 3. The van der Waals surface area contributed by atoms with Crippen LogP contribution in [-0.2, 0) is 9.59 Å². The average Bonchev–Trinajstić information content (AvgIpc) is 3.03. The highest BCUT2D eigenvalue weighted by Crippen LogP contribution is 2.52. The first kappa shape index (κ1) is 34.7. The predicted octanol–water partition coefficient (Wildman–Crippen LogP) is 6.50. The van der Waals surface area contributed by atoms with Gasteiger partial charge in [-0.2, -0.15) is 0 Å². The van der Waals surface area contributed by atoms with Gasteiger partial charge in [0.15, 0.2) is 0 Å². The number of carbonyl (C=O) groups is 2. The number of hydrogen-bond acceptors (Lipinski definition) is 8. The number of hydrogen-bond donors (Lipinski definition) is 3. The predicted molar refractivity (Wildman–Crippen MR) is 178 cm³/mol. The molecular formula is C34H32N4O10. The Morgan fingerprint density at radius 3 is 1.79 bits per heavy atom. The Balaban J connectivity index is 0.000000588. The van der Waals surface area contributed by atoms with Crippen molar-refractivity contribution in [3.63, 3.8) is 0 Å². The van der Waals surface area contributed by atoms with E-state index < -0.39 is 22.1 Å². The second-order valence-electron chi connectivity index (χ2n) is 10.9. The van der Waals surface area contributed by atoms with Crippen molar-refractivity contribution >= 4 is 45.0 Å². The Bertz CT molecular complexity index is 1870. The van der Waals surface area contributed by atoms with Gasteiger partial charge in [0, 0.05) is 52.0 Å². The molecule has 2 aliphatic rings. The lowest BCUT2D eigenvalue weighted by Gasteiger charge is -2.45. The molecule has 1 aliphatic heterocycles. The summed E-state index contributed by atoms with van der Waals surface area (Å²) in [7, 11) is 0. The quantitative estimate of drug-likeness (QED) is 0.0764. The van der Waals surface area contributed by atoms with Gasteiger partial charge in [0.1, 0.15) is 11.4 Å². The molecule has 1 aromatic heterocycles. The van der Waals surface area contributed by atoms with Crippen molar-refractivity contribution < 1.29 is 35.2 Å². The molecule has 0 atom stereocenters. The standard InChI is InChI=1S/C34H30N2O4.HNO3.NO3/c37-31(38)19-9-21-36(22-10-20-32(39)40)29-17-7-3-13-25(29)34(26-14-4-8-18-30(26)36)33-23-11-1-5-15-27(23)35-28-16-6-2-12-24(28)33;2*2-1(3)4/h1-8,11-13,15-18H,9-10,14,19-22H2,(H-,37,38,39,40);(H,2,3,4);/q;;-1/p+1. The summed E-state index contributed by atoms with van der Waals surface area (Å²) in [5, 5.41) is 49.5. The first-order valence-corrected chi connectivity index (χ1v) is 14.9. The maximum Gasteiger partial charge on any atom is 0.303 e. The first-order valence-electron chi connectivity index (χ1n) is 14.9. The third kappa shape index (κ3) is 7.79. The third-order valence-corrected chi connectivity index (χ3v) is 8.12. The Morgan fingerprint density at radius 2 is 1.27 bits per heavy atom. The minimum absolute atomic E-state index is 0.0652. The monoisotopic (exact) mass is 656 g/mol. The summed E-state index contributed by atoms with van der Waals surface area (Å²) in [6.07, 6.45) is 8.24. The van der Waals surface area contributed by atoms with Crippen LogP contribution in [0.3, 0.4) is 0 Å². The Morgan fingerprint density at radius 1 is 0.792 bits per heavy atom. The molecule has 48 heavy (non-hydrogen) atoms. The number of rotatable bonds is 9. The second-order valence-corrected chi connectivity index (χ2v) is 10.9. The third-order valence-electron chi connectivity index (χ3n) is 8.12. The lowest BCUT2D eigenvalue weighted by atomic mass is 9.79. The largest absolute Gasteiger partial charge is 0.481 e. The molecule has 0 radical (unpaired) electrons. The number of fused-ring (bicyclic) bond motifs is 4. The number of carboxylic acid groups (broad SMARTS) is 2. The number of allylic oxidation sites excluding steroid dienone is 4. The van der Waals surface area contributed by atoms with Gasteiger partial charge in [-0.15, -0.1) is 10.1 Å². The van der Waals surface area contributed by atoms with Crippen LogP contribution in [0.25, 0.3) is 27.4 Å². The van der Waals surface area contributed by atoms with Crippen LogP contribution >= 0.6 is 0 Å². The second kappa shape index (κ2) is 15.4. The molecule has 3 aromatic carbocycles. The van der Waals surface area contributed by atoms with Crippen LogP contribution in [0.15, 0.2) is 102 Å². The topological polar surface area (TPSA) is 217 Å². The smallest absolute Gasteiger partial charge is 0.303 e. The molecule has 0 spiro atoms. The summed E-state index contributed by atoms with van der Waals surface area (Å²) in [4.78, 5) is 44.7. The Hall–Kier alpha value is -6.15. The van der Waals surface area contributed by atoms with E-state index in [0.29, 0.717) is 30.4 Å². The summed E-state index contributed by atoms with van der Waals surface area (Å²) in [6.45, 7) is 1.16. The number of para-hydroxylation sites is 3. The van der Waals surface area contributed by atoms with Crippen molar-refractivity contribution in [2.24, 2.45) is 0 Å². The summed E-state index contributed by atoms with van der Waals surface area (Å²) >= 11 is 0. The van der Waals surface area contributed by atoms with Crippen molar-refractivity contribution in [1.82, 2.24) is 9.47 Å². The molecule has 4 aromatic rings. The maximum absolute atomic E-state index is 11.5. The van der Waals surface area contributed by atoms with Crippen LogP contribution < -0.4 is 4.48 Å². The number of quaternary nitrogens is 1. The van der Waals surface area contributed by atoms with Crippen LogP contribution in [0.4, 0.5) is 5.69 Å². The zero-order valence-electron chi connectivity index (χ0n) is 25.6. The van der Waals surface area contributed by atoms with Gasteiger partial charge in [-0.05, 0) is 30.7 Å². The van der Waals surface area contributed by atoms with E-state index in [1.54, 1.807) is 0 Å². The number of carboxylic acids is 2. The molecular weight excluding hydrogens is 624 g/mol. The van der Waals surface area contributed by atoms with Gasteiger partial charge >= 0.3 is 11.9 Å². The lowest BCUT2D eigenvalue weighted by Crippen LogP contribution is -2.52. The van der Waals surface area contributed by atoms with Crippen molar-refractivity contribution in [1.29, 1.82) is 0 Å². The van der Waals surface area contributed by atoms with Gasteiger partial charge in [0.25, 0.3) is 5.09 Å². The van der Waals surface area contributed by atoms with Crippen molar-refractivity contribution in [3.05, 3.63) is 139 Å². The van der Waals surface area contributed by atoms with Crippen LogP contribution in [0, 0.1) is 25.4 Å². The zero-order chi connectivity index (χ0) is 34.8. The van der Waals surface area contributed by atoms with E-state index >= 15 is 0 Å². The molecule has 0 amide bonds. The van der Waals surface area contributed by atoms with Crippen molar-refractivity contribution in [2.75, 3.05) is 13.1 Å². The van der Waals surface area contributed by atoms with Gasteiger partial charge < -0.3 is 30.7 Å². The van der Waals surface area contributed by atoms with E-state index in [1.807, 2.05) is 18.2 Å². The zero-order valence-corrected chi connectivity index (χ0v) is 25.6. The van der Waals surface area contributed by atoms with Gasteiger partial charge in [-0.25, -0.2) is 4.98 Å². The average molecular weight is 657 g/mol. The maximum atomic E-state index is 11.5. The fourth-order valence-electron chi connectivity index (χ4n) is 6.52. The van der Waals surface area contributed by atoms with Crippen LogP contribution in [0.2, 0.25) is 0 Å². The van der Waals surface area contributed by atoms with E-state index in [-0.39, 0.29) is 12.8 Å². The van der Waals surface area contributed by atoms with Gasteiger partial charge in [-0.1, -0.05) is 60.7 Å². The molecule has 3 N–H and O–H groups in total. The molecule has 0 unspecified atom stereocenters. The van der Waals surface area contributed by atoms with Gasteiger partial charge in [0.2, 0.25) is 0 Å². The number of aromatic nitrogens is 1. The van der Waals surface area contributed by atoms with Crippen molar-refractivity contribution in [3.8, 4) is 0 Å². The highest BCUT2D eigenvalue weighted by atomic mass is 16.9. The van der Waals surface area contributed by atoms with Gasteiger partial charge in [0.05, 0.1) is 42.1 Å². The molecule has 0 bridgehead atoms. The van der Waals surface area contributed by atoms with Gasteiger partial charge in [-0.3, -0.25) is 14.1 Å². The number of aliphatic carboxylic acids is 2. The molecule has 0 saturated heterocycles. The molecule has 14 heteroatoms. The van der Waals surface area contributed by atoms with E-state index in [4.69, 9.17) is 35.6 Å². The SMILES string of the molecule is O=C(O)CCC[N+]1(CCCC(=O)O)C2=CC=CCC2=C(c2c3ccccc3nc3ccccc23)c2ccccc21.O=[N+]([O-])O.O=[N+]([O-])[O-]. The highest BCUT2D eigenvalue weighted by molar-refractivity contribution is 6.11. The van der Waals surface area contributed by atoms with Crippen LogP contribution in [0.5, 0.6) is 0 Å². The van der Waals surface area contributed by atoms with E-state index in [0.717, 1.165) is 50.7 Å². The first-order chi connectivity index (χ1) is 23.0. The Kier molecular flexibility index (Phi) is 11.2. The minimum Gasteiger partial charge on any atom is -0.481 e. The molecule has 1 aliphatic carbocycles. The summed E-state index contributed by atoms with van der Waals surface area (Å²) in [5.74, 6) is -1.64. The molecule has 0 fully saturated rings. The van der Waals surface area contributed by atoms with E-state index in [2.05, 4.69) is 72.8 Å². The molecule has 248 valence electrons. The highest BCUT2D eigenvalue weighted by Gasteiger charge is 2.44. The number of pyridine rings is 1.